The molecule has 0 aromatic rings. The lowest BCUT2D eigenvalue weighted by atomic mass is 10.00. The molecule has 0 saturated carbocycles. The lowest BCUT2D eigenvalue weighted by molar-refractivity contribution is -0.142. The smallest absolute Gasteiger partial charge is 0.333 e. The molecule has 1 unspecified atom stereocenters. The topological polar surface area (TPSA) is 214 Å². The van der Waals surface area contributed by atoms with Gasteiger partial charge in [0.2, 0.25) is 11.6 Å². The van der Waals surface area contributed by atoms with Gasteiger partial charge in [0.05, 0.1) is 22.9 Å². The minimum Gasteiger partial charge on any atom is -0.460 e. The number of ether oxygens (including phenoxy) is 1. The molecule has 0 aromatic heterocycles. The second-order valence-corrected chi connectivity index (χ2v) is 39.6. The van der Waals surface area contributed by atoms with Crippen molar-refractivity contribution in [3.63, 3.8) is 0 Å². The molecule has 96 heavy (non-hydrogen) atoms. The third-order valence-corrected chi connectivity index (χ3v) is 25.3. The van der Waals surface area contributed by atoms with Crippen LogP contribution in [0.2, 0.25) is 0 Å². The van der Waals surface area contributed by atoms with Gasteiger partial charge < -0.3 is 9.30 Å². The average Bonchev–Trinajstić information content (AvgIpc) is 0.892. The Morgan fingerprint density at radius 3 is 0.833 bits per heavy atom. The number of Topliss-reactive ketones (excluding diaryl/α,β-unsaturated/α-hetero) is 4. The van der Waals surface area contributed by atoms with Gasteiger partial charge in [0.15, 0.2) is 41.1 Å². The van der Waals surface area contributed by atoms with E-state index in [0.29, 0.717) is 68.9 Å². The Hall–Kier alpha value is -4.47. The number of hydrogen-bond donors (Lipinski definition) is 0. The SMILES string of the molecule is CC#CC(=O)C(C)C.CC#CC(=O)CC(C)C.CC(C)=C(C)C(=O)CC(C)C.CC(C)=C(C)C(=O)CC(C)C.CC(C)=C(C)C(=O)OC(C)C.CC(C)=C(C)P(C)(=O)C(C)C.CC(C)=C(C)S(=O)(=O)C(C)C.CC(C)=C(C)S(=O)(=O)CC(C)C.CC(C)=C(C)S(=O)(=O)CC(C)C. The van der Waals surface area contributed by atoms with Gasteiger partial charge in [-0.2, -0.15) is 0 Å². The minimum absolute atomic E-state index is 0.0208. The summed E-state index contributed by atoms with van der Waals surface area (Å²) >= 11 is 0. The number of carbonyl (C=O) groups excluding carboxylic acids is 5. The highest BCUT2D eigenvalue weighted by atomic mass is 32.2. The monoisotopic (exact) mass is 1430 g/mol. The molecule has 17 heteroatoms. The third-order valence-electron chi connectivity index (χ3n) is 14.1. The average molecular weight is 1430 g/mol. The Balaban J connectivity index is -0.000000127. The first-order chi connectivity index (χ1) is 42.8. The fraction of sp³-hybridized carbons (Fsp3) is 0.709. The van der Waals surface area contributed by atoms with Crippen molar-refractivity contribution in [3.05, 3.63) is 75.8 Å². The molecule has 0 rings (SSSR count). The molecule has 0 aliphatic carbocycles. The summed E-state index contributed by atoms with van der Waals surface area (Å²) < 4.78 is 85.9. The Kier molecular flexibility index (Phi) is 64.6. The number of allylic oxidation sites excluding steroid dienone is 13. The first kappa shape index (κ1) is 110. The van der Waals surface area contributed by atoms with Crippen molar-refractivity contribution in [1.29, 1.82) is 0 Å². The number of rotatable bonds is 21. The molecule has 562 valence electrons. The van der Waals surface area contributed by atoms with E-state index in [1.165, 1.54) is 5.57 Å². The van der Waals surface area contributed by atoms with Crippen LogP contribution in [0.1, 0.15) is 303 Å². The van der Waals surface area contributed by atoms with E-state index in [4.69, 9.17) is 4.74 Å². The Bertz CT molecular complexity index is 2980. The highest BCUT2D eigenvalue weighted by Gasteiger charge is 2.23. The van der Waals surface area contributed by atoms with Crippen LogP contribution in [0.3, 0.4) is 0 Å². The van der Waals surface area contributed by atoms with E-state index in [2.05, 4.69) is 51.4 Å². The van der Waals surface area contributed by atoms with Crippen molar-refractivity contribution in [2.75, 3.05) is 18.2 Å². The molecule has 0 bridgehead atoms. The predicted octanol–water partition coefficient (Wildman–Crippen LogP) is 21.6. The van der Waals surface area contributed by atoms with Crippen LogP contribution in [0.5, 0.6) is 0 Å². The van der Waals surface area contributed by atoms with E-state index >= 15 is 0 Å². The molecule has 0 heterocycles. The summed E-state index contributed by atoms with van der Waals surface area (Å²) in [6.45, 7) is 79.2. The number of carbonyl (C=O) groups is 5. The third kappa shape index (κ3) is 60.7. The van der Waals surface area contributed by atoms with Gasteiger partial charge in [-0.3, -0.25) is 19.2 Å². The predicted molar refractivity (Wildman–Crippen MR) is 420 cm³/mol. The van der Waals surface area contributed by atoms with E-state index in [0.717, 1.165) is 49.9 Å². The summed E-state index contributed by atoms with van der Waals surface area (Å²) in [6, 6.07) is 0. The maximum atomic E-state index is 12.0. The zero-order valence-corrected chi connectivity index (χ0v) is 72.6. The number of hydrogen-bond acceptors (Lipinski definition) is 13. The van der Waals surface area contributed by atoms with Crippen LogP contribution in [0.25, 0.3) is 0 Å². The summed E-state index contributed by atoms with van der Waals surface area (Å²) in [6.07, 6.45) is 1.91. The molecule has 0 saturated heterocycles. The van der Waals surface area contributed by atoms with Gasteiger partial charge in [-0.15, -0.1) is 0 Å². The molecule has 1 atom stereocenters. The molecule has 0 fully saturated rings. The van der Waals surface area contributed by atoms with Crippen molar-refractivity contribution in [2.45, 2.75) is 320 Å². The van der Waals surface area contributed by atoms with E-state index in [-0.39, 0.29) is 63.8 Å². The Labute approximate surface area is 594 Å². The normalized spacial score (nSPS) is 11.0. The van der Waals surface area contributed by atoms with Crippen molar-refractivity contribution < 1.29 is 58.5 Å². The van der Waals surface area contributed by atoms with Crippen LogP contribution >= 0.6 is 7.14 Å². The summed E-state index contributed by atoms with van der Waals surface area (Å²) in [7, 11) is -11.0. The quantitative estimate of drug-likeness (QED) is 0.0344. The standard InChI is InChI=1S/2C10H18O.2C9H18O2S.C9H16O2.C9H19OP.C8H16O2S.C8H12O.C7H10O/c2*1-7(2)6-10(11)9(5)8(3)4;2*1-7(2)6-12(10,11)9(5)8(3)4;1-6(2)8(5)9(10)11-7(3)4;1-7(2)9(5)11(6,10)8(3)4;1-6(2)8(5)11(9,10)7(3)4;1-4-5-8(9)6-7(2)3;1-4-5-7(8)6(2)3/h2*7H,6H2,1-5H3;2*7H,6H2,1-5H3;7H,1-5H3;8H,1-6H3;7H,1-5H3;7H,6H2,1-3H3;6H,1-3H3. The summed E-state index contributed by atoms with van der Waals surface area (Å²) in [5.41, 5.74) is 9.96. The molecule has 0 amide bonds. The van der Waals surface area contributed by atoms with Gasteiger partial charge in [-0.25, -0.2) is 30.0 Å². The Morgan fingerprint density at radius 1 is 0.385 bits per heavy atom. The van der Waals surface area contributed by atoms with E-state index < -0.39 is 36.7 Å². The van der Waals surface area contributed by atoms with Gasteiger partial charge in [0.1, 0.15) is 7.14 Å². The van der Waals surface area contributed by atoms with E-state index in [9.17, 15) is 53.8 Å². The molecule has 0 spiro atoms. The number of esters is 1. The first-order valence-corrected chi connectivity index (χ1v) is 40.9. The van der Waals surface area contributed by atoms with E-state index in [1.807, 2.05) is 207 Å². The van der Waals surface area contributed by atoms with Crippen molar-refractivity contribution in [1.82, 2.24) is 0 Å². The fourth-order valence-corrected chi connectivity index (χ4v) is 12.6. The number of ketones is 4. The summed E-state index contributed by atoms with van der Waals surface area (Å²) in [5.74, 6) is 12.8. The second kappa shape index (κ2) is 56.3. The highest BCUT2D eigenvalue weighted by Crippen LogP contribution is 2.55. The molecule has 0 aliphatic rings. The molecule has 0 N–H and O–H groups in total. The maximum absolute atomic E-state index is 12.0. The lowest BCUT2D eigenvalue weighted by Gasteiger charge is -2.19. The minimum atomic E-state index is -3.00. The summed E-state index contributed by atoms with van der Waals surface area (Å²) in [4.78, 5) is 56.6. The van der Waals surface area contributed by atoms with Crippen LogP contribution < -0.4 is 0 Å². The second-order valence-electron chi connectivity index (χ2n) is 28.9. The van der Waals surface area contributed by atoms with E-state index in [1.54, 1.807) is 55.4 Å². The van der Waals surface area contributed by atoms with Crippen LogP contribution in [0.4, 0.5) is 0 Å². The zero-order valence-electron chi connectivity index (χ0n) is 69.2. The molecule has 13 nitrogen and oxygen atoms in total. The van der Waals surface area contributed by atoms with Gasteiger partial charge in [0.25, 0.3) is 0 Å². The van der Waals surface area contributed by atoms with Crippen LogP contribution in [0, 0.1) is 59.2 Å². The van der Waals surface area contributed by atoms with Gasteiger partial charge in [-0.1, -0.05) is 148 Å². The van der Waals surface area contributed by atoms with Crippen molar-refractivity contribution >= 4 is 65.8 Å². The molecule has 0 aliphatic heterocycles. The lowest BCUT2D eigenvalue weighted by Crippen LogP contribution is -2.15. The van der Waals surface area contributed by atoms with Gasteiger partial charge in [-0.05, 0) is 251 Å². The molecule has 0 aromatic carbocycles. The van der Waals surface area contributed by atoms with Crippen molar-refractivity contribution in [3.8, 4) is 23.7 Å². The van der Waals surface area contributed by atoms with Crippen molar-refractivity contribution in [2.24, 2.45) is 35.5 Å². The fourth-order valence-electron chi connectivity index (χ4n) is 6.16. The zero-order chi connectivity index (χ0) is 79.2. The molecule has 0 radical (unpaired) electrons. The number of sulfone groups is 3. The Morgan fingerprint density at radius 2 is 0.677 bits per heavy atom. The van der Waals surface area contributed by atoms with Crippen LogP contribution in [-0.4, -0.2) is 89.5 Å². The molecular formula is C79H145O13PS3. The van der Waals surface area contributed by atoms with Crippen LogP contribution in [0.15, 0.2) is 75.8 Å². The first-order valence-electron chi connectivity index (χ1n) is 33.8. The van der Waals surface area contributed by atoms with Crippen LogP contribution in [-0.2, 0) is 62.8 Å². The van der Waals surface area contributed by atoms with Gasteiger partial charge in [0, 0.05) is 51.1 Å². The van der Waals surface area contributed by atoms with Gasteiger partial charge >= 0.3 is 5.97 Å². The molecular weight excluding hydrogens is 1280 g/mol. The maximum Gasteiger partial charge on any atom is 0.333 e. The largest absolute Gasteiger partial charge is 0.460 e. The highest BCUT2D eigenvalue weighted by molar-refractivity contribution is 7.96. The summed E-state index contributed by atoms with van der Waals surface area (Å²) in [5, 5.41) is 0.782.